The molecule has 1 saturated heterocycles. The second-order valence-electron chi connectivity index (χ2n) is 6.04. The zero-order chi connectivity index (χ0) is 14.8. The average Bonchev–Trinajstić information content (AvgIpc) is 2.72. The van der Waals surface area contributed by atoms with Crippen LogP contribution in [0.4, 0.5) is 4.79 Å². The Hall–Kier alpha value is -1.14. The Morgan fingerprint density at radius 3 is 2.80 bits per heavy atom. The minimum absolute atomic E-state index is 0.224. The zero-order valence-electron chi connectivity index (χ0n) is 12.6. The number of nitrogens with one attached hydrogen (secondary N) is 1. The minimum Gasteiger partial charge on any atom is -0.444 e. The molecule has 0 atom stereocenters. The number of likely N-dealkylation sites (tertiary alicyclic amines) is 1. The summed E-state index contributed by atoms with van der Waals surface area (Å²) in [6.45, 7) is 9.98. The molecular formula is C14H23N3O2S. The molecule has 0 bridgehead atoms. The van der Waals surface area contributed by atoms with Gasteiger partial charge < -0.3 is 15.0 Å². The Morgan fingerprint density at radius 2 is 2.25 bits per heavy atom. The molecule has 2 rings (SSSR count). The van der Waals surface area contributed by atoms with E-state index in [1.54, 1.807) is 16.2 Å². The maximum atomic E-state index is 11.8. The monoisotopic (exact) mass is 297 g/mol. The fourth-order valence-corrected chi connectivity index (χ4v) is 2.72. The zero-order valence-corrected chi connectivity index (χ0v) is 13.4. The van der Waals surface area contributed by atoms with Crippen molar-refractivity contribution in [3.05, 3.63) is 16.1 Å². The first-order valence-corrected chi connectivity index (χ1v) is 7.84. The van der Waals surface area contributed by atoms with Gasteiger partial charge in [-0.05, 0) is 27.2 Å². The first kappa shape index (κ1) is 15.3. The number of amides is 1. The van der Waals surface area contributed by atoms with E-state index in [1.165, 1.54) is 4.88 Å². The highest BCUT2D eigenvalue weighted by Gasteiger charge is 2.33. The van der Waals surface area contributed by atoms with Gasteiger partial charge in [0, 0.05) is 36.8 Å². The molecule has 0 saturated carbocycles. The molecule has 0 spiro atoms. The molecule has 1 aromatic heterocycles. The number of aromatic nitrogens is 1. The highest BCUT2D eigenvalue weighted by molar-refractivity contribution is 7.11. The number of hydrogen-bond donors (Lipinski definition) is 1. The van der Waals surface area contributed by atoms with Crippen LogP contribution in [0.2, 0.25) is 0 Å². The molecular weight excluding hydrogens is 274 g/mol. The third-order valence-corrected chi connectivity index (χ3v) is 4.17. The van der Waals surface area contributed by atoms with Crippen LogP contribution in [0.1, 0.15) is 37.6 Å². The van der Waals surface area contributed by atoms with Gasteiger partial charge in [-0.2, -0.15) is 0 Å². The molecule has 1 aliphatic heterocycles. The van der Waals surface area contributed by atoms with Crippen molar-refractivity contribution in [3.8, 4) is 0 Å². The van der Waals surface area contributed by atoms with Gasteiger partial charge in [0.25, 0.3) is 0 Å². The van der Waals surface area contributed by atoms with Crippen molar-refractivity contribution in [2.24, 2.45) is 0 Å². The van der Waals surface area contributed by atoms with Crippen LogP contribution in [0.5, 0.6) is 0 Å². The highest BCUT2D eigenvalue weighted by atomic mass is 32.1. The quantitative estimate of drug-likeness (QED) is 0.927. The minimum atomic E-state index is -0.424. The molecule has 1 amide bonds. The third kappa shape index (κ3) is 4.18. The topological polar surface area (TPSA) is 54.5 Å². The number of aryl methyl sites for hydroxylation is 1. The smallest absolute Gasteiger partial charge is 0.410 e. The molecule has 1 fully saturated rings. The molecule has 0 radical (unpaired) electrons. The number of carbonyl (C=O) groups excluding carboxylic acids is 1. The van der Waals surface area contributed by atoms with E-state index in [4.69, 9.17) is 4.74 Å². The highest BCUT2D eigenvalue weighted by Crippen LogP contribution is 2.17. The summed E-state index contributed by atoms with van der Waals surface area (Å²) in [5.41, 5.74) is -0.424. The van der Waals surface area contributed by atoms with Crippen molar-refractivity contribution in [2.75, 3.05) is 13.1 Å². The summed E-state index contributed by atoms with van der Waals surface area (Å²) in [5.74, 6) is 0. The van der Waals surface area contributed by atoms with Gasteiger partial charge in [0.05, 0.1) is 0 Å². The van der Waals surface area contributed by atoms with Gasteiger partial charge in [0.2, 0.25) is 0 Å². The van der Waals surface area contributed by atoms with Gasteiger partial charge in [0.1, 0.15) is 10.6 Å². The summed E-state index contributed by atoms with van der Waals surface area (Å²) in [6.07, 6.45) is 2.75. The standard InChI is InChI=1S/C14H23N3O2S/c1-5-11-6-16-12(20-11)7-15-10-8-17(9-10)13(18)19-14(2,3)4/h6,10,15H,5,7-9H2,1-4H3. The average molecular weight is 297 g/mol. The lowest BCUT2D eigenvalue weighted by Crippen LogP contribution is -2.60. The first-order chi connectivity index (χ1) is 9.37. The van der Waals surface area contributed by atoms with Crippen LogP contribution in [-0.2, 0) is 17.7 Å². The molecule has 1 aromatic rings. The molecule has 0 aromatic carbocycles. The van der Waals surface area contributed by atoms with E-state index in [-0.39, 0.29) is 6.09 Å². The van der Waals surface area contributed by atoms with Crippen molar-refractivity contribution < 1.29 is 9.53 Å². The maximum Gasteiger partial charge on any atom is 0.410 e. The Morgan fingerprint density at radius 1 is 1.55 bits per heavy atom. The van der Waals surface area contributed by atoms with E-state index in [0.717, 1.165) is 18.0 Å². The van der Waals surface area contributed by atoms with E-state index >= 15 is 0 Å². The maximum absolute atomic E-state index is 11.8. The summed E-state index contributed by atoms with van der Waals surface area (Å²) >= 11 is 1.75. The van der Waals surface area contributed by atoms with Crippen LogP contribution in [0.15, 0.2) is 6.20 Å². The van der Waals surface area contributed by atoms with Gasteiger partial charge in [-0.1, -0.05) is 6.92 Å². The van der Waals surface area contributed by atoms with Crippen LogP contribution in [0, 0.1) is 0 Å². The Kier molecular flexibility index (Phi) is 4.65. The van der Waals surface area contributed by atoms with Crippen LogP contribution in [0.3, 0.4) is 0 Å². The van der Waals surface area contributed by atoms with Crippen molar-refractivity contribution in [1.82, 2.24) is 15.2 Å². The Bertz CT molecular complexity index is 461. The lowest BCUT2D eigenvalue weighted by molar-refractivity contribution is 0.00519. The van der Waals surface area contributed by atoms with E-state index in [1.807, 2.05) is 27.0 Å². The fraction of sp³-hybridized carbons (Fsp3) is 0.714. The summed E-state index contributed by atoms with van der Waals surface area (Å²) in [5, 5.41) is 4.53. The predicted octanol–water partition coefficient (Wildman–Crippen LogP) is 2.41. The number of nitrogens with zero attached hydrogens (tertiary/aromatic N) is 2. The van der Waals surface area contributed by atoms with Gasteiger partial charge in [-0.3, -0.25) is 0 Å². The molecule has 0 unspecified atom stereocenters. The van der Waals surface area contributed by atoms with Crippen molar-refractivity contribution in [1.29, 1.82) is 0 Å². The predicted molar refractivity (Wildman–Crippen MR) is 79.9 cm³/mol. The van der Waals surface area contributed by atoms with Crippen LogP contribution in [-0.4, -0.2) is 40.7 Å². The van der Waals surface area contributed by atoms with Crippen LogP contribution >= 0.6 is 11.3 Å². The number of carbonyl (C=O) groups is 1. The van der Waals surface area contributed by atoms with Crippen LogP contribution in [0.25, 0.3) is 0 Å². The Balaban J connectivity index is 1.68. The van der Waals surface area contributed by atoms with Crippen molar-refractivity contribution >= 4 is 17.4 Å². The number of rotatable bonds is 4. The van der Waals surface area contributed by atoms with Gasteiger partial charge in [0.15, 0.2) is 0 Å². The molecule has 1 N–H and O–H groups in total. The number of ether oxygens (including phenoxy) is 1. The van der Waals surface area contributed by atoms with E-state index in [0.29, 0.717) is 19.1 Å². The second-order valence-corrected chi connectivity index (χ2v) is 7.24. The normalized spacial score (nSPS) is 16.1. The lowest BCUT2D eigenvalue weighted by Gasteiger charge is -2.40. The van der Waals surface area contributed by atoms with Crippen molar-refractivity contribution in [3.63, 3.8) is 0 Å². The molecule has 2 heterocycles. The van der Waals surface area contributed by atoms with Gasteiger partial charge >= 0.3 is 6.09 Å². The molecule has 20 heavy (non-hydrogen) atoms. The second kappa shape index (κ2) is 6.10. The molecule has 0 aliphatic carbocycles. The summed E-state index contributed by atoms with van der Waals surface area (Å²) in [7, 11) is 0. The van der Waals surface area contributed by atoms with Crippen LogP contribution < -0.4 is 5.32 Å². The summed E-state index contributed by atoms with van der Waals surface area (Å²) < 4.78 is 5.32. The number of hydrogen-bond acceptors (Lipinski definition) is 5. The van der Waals surface area contributed by atoms with E-state index in [2.05, 4.69) is 17.2 Å². The Labute approximate surface area is 124 Å². The number of thiazole rings is 1. The van der Waals surface area contributed by atoms with Crippen molar-refractivity contribution in [2.45, 2.75) is 52.3 Å². The summed E-state index contributed by atoms with van der Waals surface area (Å²) in [4.78, 5) is 19.2. The van der Waals surface area contributed by atoms with Gasteiger partial charge in [-0.15, -0.1) is 11.3 Å². The third-order valence-electron chi connectivity index (χ3n) is 3.03. The van der Waals surface area contributed by atoms with E-state index in [9.17, 15) is 4.79 Å². The van der Waals surface area contributed by atoms with E-state index < -0.39 is 5.60 Å². The first-order valence-electron chi connectivity index (χ1n) is 7.02. The molecule has 5 nitrogen and oxygen atoms in total. The SMILES string of the molecule is CCc1cnc(CNC2CN(C(=O)OC(C)(C)C)C2)s1. The fourth-order valence-electron chi connectivity index (χ4n) is 1.91. The molecule has 112 valence electrons. The summed E-state index contributed by atoms with van der Waals surface area (Å²) in [6, 6.07) is 0.344. The van der Waals surface area contributed by atoms with Gasteiger partial charge in [-0.25, -0.2) is 9.78 Å². The largest absolute Gasteiger partial charge is 0.444 e. The lowest BCUT2D eigenvalue weighted by atomic mass is 10.1. The molecule has 1 aliphatic rings. The molecule has 6 heteroatoms.